The average Bonchev–Trinajstić information content (AvgIpc) is 2.30. The Hall–Kier alpha value is -0.100. The van der Waals surface area contributed by atoms with Crippen LogP contribution in [0.4, 0.5) is 0 Å². The van der Waals surface area contributed by atoms with E-state index in [4.69, 9.17) is 0 Å². The normalized spacial score (nSPS) is 18.9. The van der Waals surface area contributed by atoms with Gasteiger partial charge in [-0.15, -0.1) is 12.4 Å². The van der Waals surface area contributed by atoms with Gasteiger partial charge in [-0.1, -0.05) is 15.9 Å². The van der Waals surface area contributed by atoms with Crippen LogP contribution < -0.4 is 10.6 Å². The molecule has 1 heterocycles. The summed E-state index contributed by atoms with van der Waals surface area (Å²) in [5.41, 5.74) is 0.679. The van der Waals surface area contributed by atoms with Gasteiger partial charge in [0.15, 0.2) is 0 Å². The lowest BCUT2D eigenvalue weighted by Crippen LogP contribution is -2.45. The number of piperidine rings is 1. The molecular weight excluding hydrogens is 383 g/mol. The lowest BCUT2D eigenvalue weighted by atomic mass is 10.1. The third-order valence-electron chi connectivity index (χ3n) is 2.81. The Morgan fingerprint density at radius 3 is 2.78 bits per heavy atom. The molecule has 0 aliphatic carbocycles. The molecule has 100 valence electrons. The lowest BCUT2D eigenvalue weighted by molar-refractivity contribution is 0.0930. The van der Waals surface area contributed by atoms with E-state index >= 15 is 0 Å². The van der Waals surface area contributed by atoms with E-state index in [0.29, 0.717) is 5.56 Å². The predicted molar refractivity (Wildman–Crippen MR) is 82.4 cm³/mol. The van der Waals surface area contributed by atoms with Gasteiger partial charge in [0.25, 0.3) is 5.91 Å². The molecule has 6 heteroatoms. The van der Waals surface area contributed by atoms with E-state index in [2.05, 4.69) is 42.5 Å². The molecule has 1 saturated heterocycles. The monoisotopic (exact) mass is 396 g/mol. The van der Waals surface area contributed by atoms with Crippen LogP contribution in [0.3, 0.4) is 0 Å². The summed E-state index contributed by atoms with van der Waals surface area (Å²) in [7, 11) is 0. The van der Waals surface area contributed by atoms with Gasteiger partial charge in [-0.3, -0.25) is 4.79 Å². The van der Waals surface area contributed by atoms with Crippen LogP contribution in [0.2, 0.25) is 0 Å². The summed E-state index contributed by atoms with van der Waals surface area (Å²) in [4.78, 5) is 12.1. The summed E-state index contributed by atoms with van der Waals surface area (Å²) < 4.78 is 1.77. The lowest BCUT2D eigenvalue weighted by Gasteiger charge is -2.24. The van der Waals surface area contributed by atoms with Gasteiger partial charge in [0.05, 0.1) is 5.56 Å². The highest BCUT2D eigenvalue weighted by Gasteiger charge is 2.17. The number of benzene rings is 1. The van der Waals surface area contributed by atoms with Gasteiger partial charge in [0, 0.05) is 21.5 Å². The molecule has 2 rings (SSSR count). The fourth-order valence-electron chi connectivity index (χ4n) is 1.91. The Labute approximate surface area is 130 Å². The van der Waals surface area contributed by atoms with E-state index < -0.39 is 0 Å². The smallest absolute Gasteiger partial charge is 0.252 e. The molecule has 1 aliphatic rings. The first-order valence-electron chi connectivity index (χ1n) is 5.63. The molecule has 0 saturated carbocycles. The third-order valence-corrected chi connectivity index (χ3v) is 3.96. The summed E-state index contributed by atoms with van der Waals surface area (Å²) in [6.07, 6.45) is 2.17. The van der Waals surface area contributed by atoms with Gasteiger partial charge in [0.1, 0.15) is 0 Å². The summed E-state index contributed by atoms with van der Waals surface area (Å²) in [5, 5.41) is 6.33. The van der Waals surface area contributed by atoms with Gasteiger partial charge in [-0.2, -0.15) is 0 Å². The summed E-state index contributed by atoms with van der Waals surface area (Å²) in [6.45, 7) is 1.91. The van der Waals surface area contributed by atoms with Crippen LogP contribution in [0.15, 0.2) is 27.1 Å². The van der Waals surface area contributed by atoms with Crippen molar-refractivity contribution < 1.29 is 4.79 Å². The zero-order valence-electron chi connectivity index (χ0n) is 9.71. The van der Waals surface area contributed by atoms with E-state index in [-0.39, 0.29) is 24.4 Å². The van der Waals surface area contributed by atoms with Crippen molar-refractivity contribution >= 4 is 50.2 Å². The number of carbonyl (C=O) groups is 1. The molecule has 0 radical (unpaired) electrons. The summed E-state index contributed by atoms with van der Waals surface area (Å²) in [5.74, 6) is -0.0157. The van der Waals surface area contributed by atoms with Crippen LogP contribution in [0, 0.1) is 0 Å². The molecule has 1 fully saturated rings. The number of carbonyl (C=O) groups excluding carboxylic acids is 1. The number of halogens is 3. The molecule has 0 spiro atoms. The standard InChI is InChI=1S/C12H14Br2N2O.ClH/c13-8-3-4-10(11(14)6-8)12(17)16-9-2-1-5-15-7-9;/h3-4,6,9,15H,1-2,5,7H2,(H,16,17);1H/t9-;/m0./s1. The molecule has 1 aromatic rings. The minimum Gasteiger partial charge on any atom is -0.348 e. The van der Waals surface area contributed by atoms with Crippen molar-refractivity contribution in [2.75, 3.05) is 13.1 Å². The third kappa shape index (κ3) is 4.23. The Bertz CT molecular complexity index is 423. The first-order valence-corrected chi connectivity index (χ1v) is 7.22. The number of nitrogens with one attached hydrogen (secondary N) is 2. The topological polar surface area (TPSA) is 41.1 Å². The van der Waals surface area contributed by atoms with Gasteiger partial charge >= 0.3 is 0 Å². The second kappa shape index (κ2) is 7.48. The highest BCUT2D eigenvalue weighted by Crippen LogP contribution is 2.22. The van der Waals surface area contributed by atoms with E-state index in [1.165, 1.54) is 0 Å². The van der Waals surface area contributed by atoms with Gasteiger partial charge in [-0.25, -0.2) is 0 Å². The molecule has 1 atom stereocenters. The van der Waals surface area contributed by atoms with Crippen molar-refractivity contribution in [1.29, 1.82) is 0 Å². The summed E-state index contributed by atoms with van der Waals surface area (Å²) in [6, 6.07) is 5.82. The Balaban J connectivity index is 0.00000162. The van der Waals surface area contributed by atoms with Crippen LogP contribution in [0.1, 0.15) is 23.2 Å². The van der Waals surface area contributed by atoms with Gasteiger partial charge in [0.2, 0.25) is 0 Å². The molecule has 0 aromatic heterocycles. The van der Waals surface area contributed by atoms with E-state index in [0.717, 1.165) is 34.9 Å². The number of rotatable bonds is 2. The van der Waals surface area contributed by atoms with Crippen LogP contribution in [0.25, 0.3) is 0 Å². The highest BCUT2D eigenvalue weighted by molar-refractivity contribution is 9.11. The minimum absolute atomic E-state index is 0. The molecule has 18 heavy (non-hydrogen) atoms. The second-order valence-electron chi connectivity index (χ2n) is 4.14. The maximum Gasteiger partial charge on any atom is 0.252 e. The molecule has 1 aliphatic heterocycles. The maximum absolute atomic E-state index is 12.1. The zero-order chi connectivity index (χ0) is 12.3. The SMILES string of the molecule is Cl.O=C(N[C@H]1CCCNC1)c1ccc(Br)cc1Br. The number of hydrogen-bond acceptors (Lipinski definition) is 2. The van der Waals surface area contributed by atoms with Crippen molar-refractivity contribution in [1.82, 2.24) is 10.6 Å². The van der Waals surface area contributed by atoms with Gasteiger partial charge < -0.3 is 10.6 Å². The first kappa shape index (κ1) is 16.0. The van der Waals surface area contributed by atoms with Gasteiger partial charge in [-0.05, 0) is 53.5 Å². The predicted octanol–water partition coefficient (Wildman–Crippen LogP) is 3.12. The van der Waals surface area contributed by atoms with Crippen LogP contribution >= 0.6 is 44.3 Å². The maximum atomic E-state index is 12.1. The Kier molecular flexibility index (Phi) is 6.63. The van der Waals surface area contributed by atoms with Crippen molar-refractivity contribution in [3.8, 4) is 0 Å². The zero-order valence-corrected chi connectivity index (χ0v) is 13.7. The highest BCUT2D eigenvalue weighted by atomic mass is 79.9. The largest absolute Gasteiger partial charge is 0.348 e. The van der Waals surface area contributed by atoms with E-state index in [1.807, 2.05) is 18.2 Å². The fourth-order valence-corrected chi connectivity index (χ4v) is 3.14. The number of amides is 1. The second-order valence-corrected chi connectivity index (χ2v) is 5.91. The fraction of sp³-hybridized carbons (Fsp3) is 0.417. The van der Waals surface area contributed by atoms with Crippen LogP contribution in [-0.4, -0.2) is 25.0 Å². The molecule has 1 aromatic carbocycles. The molecule has 1 amide bonds. The minimum atomic E-state index is -0.0157. The molecule has 3 nitrogen and oxygen atoms in total. The van der Waals surface area contributed by atoms with Crippen molar-refractivity contribution in [3.05, 3.63) is 32.7 Å². The van der Waals surface area contributed by atoms with Crippen LogP contribution in [-0.2, 0) is 0 Å². The molecular formula is C12H15Br2ClN2O. The average molecular weight is 399 g/mol. The van der Waals surface area contributed by atoms with Crippen molar-refractivity contribution in [3.63, 3.8) is 0 Å². The van der Waals surface area contributed by atoms with Crippen molar-refractivity contribution in [2.24, 2.45) is 0 Å². The summed E-state index contributed by atoms with van der Waals surface area (Å²) >= 11 is 6.78. The molecule has 2 N–H and O–H groups in total. The van der Waals surface area contributed by atoms with E-state index in [1.54, 1.807) is 0 Å². The Morgan fingerprint density at radius 1 is 1.39 bits per heavy atom. The van der Waals surface area contributed by atoms with E-state index in [9.17, 15) is 4.79 Å². The quantitative estimate of drug-likeness (QED) is 0.804. The van der Waals surface area contributed by atoms with Crippen LogP contribution in [0.5, 0.6) is 0 Å². The Morgan fingerprint density at radius 2 is 2.17 bits per heavy atom. The first-order chi connectivity index (χ1) is 8.16. The molecule has 0 bridgehead atoms. The van der Waals surface area contributed by atoms with Crippen molar-refractivity contribution in [2.45, 2.75) is 18.9 Å². The molecule has 0 unspecified atom stereocenters. The number of hydrogen-bond donors (Lipinski definition) is 2.